The van der Waals surface area contributed by atoms with Gasteiger partial charge in [-0.25, -0.2) is 0 Å². The number of ether oxygens (including phenoxy) is 1. The number of phenols is 2. The molecule has 3 heterocycles. The highest BCUT2D eigenvalue weighted by Gasteiger charge is 2.39. The summed E-state index contributed by atoms with van der Waals surface area (Å²) in [5, 5.41) is 22.3. The lowest BCUT2D eigenvalue weighted by Gasteiger charge is -2.35. The molecule has 1 unspecified atom stereocenters. The molecule has 5 rings (SSSR count). The fraction of sp³-hybridized carbons (Fsp3) is 0.423. The largest absolute Gasteiger partial charge is 0.504 e. The highest BCUT2D eigenvalue weighted by atomic mass is 16.5. The summed E-state index contributed by atoms with van der Waals surface area (Å²) in [4.78, 5) is 40.4. The van der Waals surface area contributed by atoms with Crippen molar-refractivity contribution in [2.75, 3.05) is 13.2 Å². The smallest absolute Gasteiger partial charge is 0.255 e. The SMILES string of the molecule is O=C1CCC(N2Cc3cc(OC[C@@H]4CCCCN4Cc4cccc(O)c4O)ccc3C2=O)C(=O)N1. The maximum absolute atomic E-state index is 12.9. The van der Waals surface area contributed by atoms with E-state index >= 15 is 0 Å². The van der Waals surface area contributed by atoms with Gasteiger partial charge in [-0.1, -0.05) is 18.6 Å². The van der Waals surface area contributed by atoms with Crippen molar-refractivity contribution in [3.63, 3.8) is 0 Å². The highest BCUT2D eigenvalue weighted by Crippen LogP contribution is 2.32. The zero-order valence-electron chi connectivity index (χ0n) is 19.4. The first-order chi connectivity index (χ1) is 16.9. The van der Waals surface area contributed by atoms with Crippen LogP contribution < -0.4 is 10.1 Å². The quantitative estimate of drug-likeness (QED) is 0.430. The van der Waals surface area contributed by atoms with Gasteiger partial charge in [-0.3, -0.25) is 24.6 Å². The Morgan fingerprint density at radius 3 is 2.74 bits per heavy atom. The van der Waals surface area contributed by atoms with Gasteiger partial charge in [0.2, 0.25) is 11.8 Å². The minimum atomic E-state index is -0.637. The van der Waals surface area contributed by atoms with Gasteiger partial charge >= 0.3 is 0 Å². The Morgan fingerprint density at radius 1 is 1.06 bits per heavy atom. The standard InChI is InChI=1S/C26H29N3O6/c30-22-6-3-4-16(24(22)32)13-28-11-2-1-5-18(28)15-35-19-7-8-20-17(12-19)14-29(26(20)34)21-9-10-23(31)27-25(21)33/h3-4,6-8,12,18,21,30,32H,1-2,5,9-11,13-15H2,(H,27,31,33)/t18-,21?/m0/s1. The van der Waals surface area contributed by atoms with E-state index in [9.17, 15) is 24.6 Å². The van der Waals surface area contributed by atoms with Crippen LogP contribution in [0, 0.1) is 0 Å². The zero-order chi connectivity index (χ0) is 24.5. The first kappa shape index (κ1) is 23.2. The van der Waals surface area contributed by atoms with Crippen LogP contribution in [-0.4, -0.2) is 63.0 Å². The molecule has 35 heavy (non-hydrogen) atoms. The van der Waals surface area contributed by atoms with E-state index in [0.29, 0.717) is 43.0 Å². The molecule has 2 saturated heterocycles. The van der Waals surface area contributed by atoms with Crippen molar-refractivity contribution in [2.45, 2.75) is 57.3 Å². The summed E-state index contributed by atoms with van der Waals surface area (Å²) < 4.78 is 6.14. The molecule has 9 heteroatoms. The van der Waals surface area contributed by atoms with Crippen LogP contribution in [0.3, 0.4) is 0 Å². The Bertz CT molecular complexity index is 1170. The van der Waals surface area contributed by atoms with Gasteiger partial charge in [-0.15, -0.1) is 0 Å². The predicted molar refractivity (Wildman–Crippen MR) is 126 cm³/mol. The highest BCUT2D eigenvalue weighted by molar-refractivity contribution is 6.05. The maximum atomic E-state index is 12.9. The molecule has 0 spiro atoms. The van der Waals surface area contributed by atoms with Gasteiger partial charge in [0.15, 0.2) is 11.5 Å². The molecule has 0 bridgehead atoms. The third kappa shape index (κ3) is 4.68. The Balaban J connectivity index is 1.24. The third-order valence-electron chi connectivity index (χ3n) is 7.16. The van der Waals surface area contributed by atoms with Crippen LogP contribution in [0.4, 0.5) is 0 Å². The molecular weight excluding hydrogens is 450 g/mol. The molecule has 2 aromatic carbocycles. The third-order valence-corrected chi connectivity index (χ3v) is 7.16. The molecule has 2 aromatic rings. The molecule has 0 saturated carbocycles. The summed E-state index contributed by atoms with van der Waals surface area (Å²) in [5.41, 5.74) is 2.05. The minimum absolute atomic E-state index is 0.0819. The number of nitrogens with zero attached hydrogens (tertiary/aromatic N) is 2. The molecule has 0 aromatic heterocycles. The van der Waals surface area contributed by atoms with Crippen molar-refractivity contribution in [1.29, 1.82) is 0 Å². The molecular formula is C26H29N3O6. The monoisotopic (exact) mass is 479 g/mol. The number of aromatic hydroxyl groups is 2. The average molecular weight is 480 g/mol. The number of nitrogens with one attached hydrogen (secondary N) is 1. The van der Waals surface area contributed by atoms with E-state index in [1.165, 1.54) is 11.0 Å². The number of carbonyl (C=O) groups is 3. The average Bonchev–Trinajstić information content (AvgIpc) is 3.17. The Morgan fingerprint density at radius 2 is 1.91 bits per heavy atom. The molecule has 2 fully saturated rings. The Hall–Kier alpha value is -3.59. The number of piperidine rings is 2. The number of para-hydroxylation sites is 1. The van der Waals surface area contributed by atoms with Crippen LogP contribution in [0.1, 0.15) is 53.6 Å². The lowest BCUT2D eigenvalue weighted by Crippen LogP contribution is -2.52. The van der Waals surface area contributed by atoms with Gasteiger partial charge < -0.3 is 19.8 Å². The first-order valence-corrected chi connectivity index (χ1v) is 12.0. The van der Waals surface area contributed by atoms with Gasteiger partial charge in [0, 0.05) is 36.7 Å². The minimum Gasteiger partial charge on any atom is -0.504 e. The van der Waals surface area contributed by atoms with E-state index < -0.39 is 11.9 Å². The van der Waals surface area contributed by atoms with Crippen molar-refractivity contribution in [1.82, 2.24) is 15.1 Å². The second-order valence-corrected chi connectivity index (χ2v) is 9.43. The number of phenolic OH excluding ortho intramolecular Hbond substituents is 2. The van der Waals surface area contributed by atoms with Crippen LogP contribution in [0.15, 0.2) is 36.4 Å². The summed E-state index contributed by atoms with van der Waals surface area (Å²) in [6.07, 6.45) is 3.68. The Labute approximate surface area is 203 Å². The van der Waals surface area contributed by atoms with E-state index in [-0.39, 0.29) is 35.8 Å². The molecule has 0 radical (unpaired) electrons. The van der Waals surface area contributed by atoms with Gasteiger partial charge in [-0.05, 0) is 55.6 Å². The number of amides is 3. The second kappa shape index (κ2) is 9.58. The number of hydrogen-bond donors (Lipinski definition) is 3. The van der Waals surface area contributed by atoms with Gasteiger partial charge in [0.05, 0.1) is 0 Å². The van der Waals surface area contributed by atoms with Crippen molar-refractivity contribution in [3.05, 3.63) is 53.1 Å². The van der Waals surface area contributed by atoms with Crippen LogP contribution in [0.2, 0.25) is 0 Å². The number of carbonyl (C=O) groups excluding carboxylic acids is 3. The Kier molecular flexibility index (Phi) is 6.34. The number of benzene rings is 2. The van der Waals surface area contributed by atoms with Gasteiger partial charge in [-0.2, -0.15) is 0 Å². The molecule has 3 aliphatic heterocycles. The molecule has 3 amide bonds. The summed E-state index contributed by atoms with van der Waals surface area (Å²) in [6.45, 7) is 2.17. The number of fused-ring (bicyclic) bond motifs is 1. The summed E-state index contributed by atoms with van der Waals surface area (Å²) in [5.74, 6) is -0.470. The molecule has 3 N–H and O–H groups in total. The second-order valence-electron chi connectivity index (χ2n) is 9.43. The van der Waals surface area contributed by atoms with Crippen molar-refractivity contribution < 1.29 is 29.3 Å². The van der Waals surface area contributed by atoms with Crippen LogP contribution in [0.25, 0.3) is 0 Å². The van der Waals surface area contributed by atoms with Crippen molar-refractivity contribution >= 4 is 17.7 Å². The molecule has 0 aliphatic carbocycles. The van der Waals surface area contributed by atoms with Gasteiger partial charge in [0.1, 0.15) is 18.4 Å². The predicted octanol–water partition coefficient (Wildman–Crippen LogP) is 2.29. The molecule has 3 aliphatic rings. The molecule has 9 nitrogen and oxygen atoms in total. The van der Waals surface area contributed by atoms with E-state index in [1.807, 2.05) is 12.1 Å². The van der Waals surface area contributed by atoms with E-state index in [1.54, 1.807) is 18.2 Å². The number of hydrogen-bond acceptors (Lipinski definition) is 7. The van der Waals surface area contributed by atoms with Crippen LogP contribution >= 0.6 is 0 Å². The van der Waals surface area contributed by atoms with Gasteiger partial charge in [0.25, 0.3) is 5.91 Å². The number of likely N-dealkylation sites (tertiary alicyclic amines) is 1. The van der Waals surface area contributed by atoms with E-state index in [0.717, 1.165) is 31.4 Å². The summed E-state index contributed by atoms with van der Waals surface area (Å²) in [6, 6.07) is 9.89. The molecule has 2 atom stereocenters. The molecule has 184 valence electrons. The zero-order valence-corrected chi connectivity index (χ0v) is 19.4. The lowest BCUT2D eigenvalue weighted by atomic mass is 10.0. The maximum Gasteiger partial charge on any atom is 0.255 e. The van der Waals surface area contributed by atoms with E-state index in [4.69, 9.17) is 4.74 Å². The topological polar surface area (TPSA) is 119 Å². The number of rotatable bonds is 6. The van der Waals surface area contributed by atoms with Crippen molar-refractivity contribution in [3.8, 4) is 17.2 Å². The van der Waals surface area contributed by atoms with Crippen molar-refractivity contribution in [2.24, 2.45) is 0 Å². The normalized spacial score (nSPS) is 22.7. The van der Waals surface area contributed by atoms with Crippen LogP contribution in [0.5, 0.6) is 17.2 Å². The lowest BCUT2D eigenvalue weighted by molar-refractivity contribution is -0.136. The van der Waals surface area contributed by atoms with Crippen LogP contribution in [-0.2, 0) is 22.7 Å². The first-order valence-electron chi connectivity index (χ1n) is 12.0. The fourth-order valence-corrected chi connectivity index (χ4v) is 5.21. The fourth-order valence-electron chi connectivity index (χ4n) is 5.21. The summed E-state index contributed by atoms with van der Waals surface area (Å²) in [7, 11) is 0. The summed E-state index contributed by atoms with van der Waals surface area (Å²) >= 11 is 0. The van der Waals surface area contributed by atoms with E-state index in [2.05, 4.69) is 10.2 Å². The number of imide groups is 1.